The molecule has 0 radical (unpaired) electrons. The second-order valence-electron chi connectivity index (χ2n) is 7.65. The van der Waals surface area contributed by atoms with Crippen LogP contribution in [0.4, 0.5) is 0 Å². The largest absolute Gasteiger partial charge is 0.0991 e. The van der Waals surface area contributed by atoms with Crippen molar-refractivity contribution in [1.82, 2.24) is 0 Å². The number of rotatable bonds is 14. The third kappa shape index (κ3) is 19.5. The lowest BCUT2D eigenvalue weighted by Gasteiger charge is -2.17. The summed E-state index contributed by atoms with van der Waals surface area (Å²) in [7, 11) is 0. The molecule has 0 aromatic rings. The minimum Gasteiger partial charge on any atom is -0.0991 e. The first-order chi connectivity index (χ1) is 10.1. The van der Waals surface area contributed by atoms with Crippen LogP contribution in [-0.2, 0) is 0 Å². The quantitative estimate of drug-likeness (QED) is 0.226. The zero-order chi connectivity index (χ0) is 15.8. The lowest BCUT2D eigenvalue weighted by molar-refractivity contribution is 0.356. The average molecular weight is 293 g/mol. The van der Waals surface area contributed by atoms with Gasteiger partial charge in [0.1, 0.15) is 0 Å². The van der Waals surface area contributed by atoms with E-state index in [4.69, 9.17) is 0 Å². The zero-order valence-electron chi connectivity index (χ0n) is 15.1. The third-order valence-corrected chi connectivity index (χ3v) is 4.07. The monoisotopic (exact) mass is 292 g/mol. The van der Waals surface area contributed by atoms with Gasteiger partial charge >= 0.3 is 0 Å². The summed E-state index contributed by atoms with van der Waals surface area (Å²) in [5, 5.41) is 0. The zero-order valence-corrected chi connectivity index (χ0v) is 15.1. The fourth-order valence-electron chi connectivity index (χ4n) is 2.70. The highest BCUT2D eigenvalue weighted by Gasteiger charge is 2.08. The van der Waals surface area contributed by atoms with E-state index in [9.17, 15) is 0 Å². The molecule has 0 fully saturated rings. The molecule has 0 spiro atoms. The normalized spacial score (nSPS) is 12.1. The highest BCUT2D eigenvalue weighted by atomic mass is 14.1. The minimum atomic E-state index is 0.529. The first kappa shape index (κ1) is 20.5. The summed E-state index contributed by atoms with van der Waals surface area (Å²) >= 11 is 0. The predicted molar refractivity (Wildman–Crippen MR) is 98.8 cm³/mol. The molecular formula is C21H40. The summed E-state index contributed by atoms with van der Waals surface area (Å²) in [6.07, 6.45) is 24.5. The van der Waals surface area contributed by atoms with E-state index < -0.39 is 0 Å². The number of unbranched alkanes of at least 4 members (excludes halogenated alkanes) is 11. The molecule has 0 amide bonds. The fraction of sp³-hybridized carbons (Fsp3) is 0.810. The number of hydrogen-bond acceptors (Lipinski definition) is 0. The molecule has 0 saturated heterocycles. The molecular weight excluding hydrogens is 252 g/mol. The molecule has 21 heavy (non-hydrogen) atoms. The Bertz CT molecular complexity index is 241. The molecule has 0 aromatic heterocycles. The van der Waals surface area contributed by atoms with Crippen LogP contribution >= 0.6 is 0 Å². The smallest absolute Gasteiger partial charge is 0.0348 e. The first-order valence-corrected chi connectivity index (χ1v) is 9.34. The van der Waals surface area contributed by atoms with Crippen molar-refractivity contribution < 1.29 is 0 Å². The van der Waals surface area contributed by atoms with Gasteiger partial charge in [0, 0.05) is 0 Å². The molecule has 0 heteroatoms. The van der Waals surface area contributed by atoms with Gasteiger partial charge in [-0.1, -0.05) is 110 Å². The molecule has 0 aliphatic carbocycles. The minimum absolute atomic E-state index is 0.529. The van der Waals surface area contributed by atoms with Crippen molar-refractivity contribution >= 4 is 0 Å². The van der Waals surface area contributed by atoms with Crippen molar-refractivity contribution in [3.8, 4) is 0 Å². The molecule has 0 aromatic carbocycles. The van der Waals surface area contributed by atoms with Crippen LogP contribution in [0.3, 0.4) is 0 Å². The van der Waals surface area contributed by atoms with E-state index in [1.165, 1.54) is 83.5 Å². The van der Waals surface area contributed by atoms with E-state index in [-0.39, 0.29) is 0 Å². The van der Waals surface area contributed by atoms with Gasteiger partial charge in [0.25, 0.3) is 0 Å². The van der Waals surface area contributed by atoms with Crippen molar-refractivity contribution in [3.63, 3.8) is 0 Å². The Kier molecular flexibility index (Phi) is 14.1. The van der Waals surface area contributed by atoms with Crippen LogP contribution in [0.5, 0.6) is 0 Å². The Morgan fingerprint density at radius 2 is 1.10 bits per heavy atom. The molecule has 0 rings (SSSR count). The van der Waals surface area contributed by atoms with E-state index in [1.807, 2.05) is 6.08 Å². The van der Waals surface area contributed by atoms with Gasteiger partial charge in [-0.3, -0.25) is 0 Å². The first-order valence-electron chi connectivity index (χ1n) is 9.34. The predicted octanol–water partition coefficient (Wildman–Crippen LogP) is 7.85. The third-order valence-electron chi connectivity index (χ3n) is 4.07. The van der Waals surface area contributed by atoms with Crippen molar-refractivity contribution in [2.24, 2.45) is 5.41 Å². The summed E-state index contributed by atoms with van der Waals surface area (Å²) in [5.41, 5.74) is 0.529. The van der Waals surface area contributed by atoms with Gasteiger partial charge in [-0.05, 0) is 24.7 Å². The van der Waals surface area contributed by atoms with Crippen LogP contribution in [0.25, 0.3) is 0 Å². The average Bonchev–Trinajstić information content (AvgIpc) is 2.42. The topological polar surface area (TPSA) is 0 Å². The second-order valence-corrected chi connectivity index (χ2v) is 7.65. The van der Waals surface area contributed by atoms with Crippen molar-refractivity contribution in [3.05, 3.63) is 24.8 Å². The number of allylic oxidation sites excluding steroid dienone is 3. The molecule has 0 unspecified atom stereocenters. The molecule has 0 aliphatic heterocycles. The maximum atomic E-state index is 3.68. The molecule has 0 heterocycles. The molecule has 0 atom stereocenters. The van der Waals surface area contributed by atoms with E-state index in [1.54, 1.807) is 0 Å². The molecule has 0 aliphatic rings. The van der Waals surface area contributed by atoms with Crippen LogP contribution < -0.4 is 0 Å². The van der Waals surface area contributed by atoms with Crippen LogP contribution in [0.15, 0.2) is 24.8 Å². The summed E-state index contributed by atoms with van der Waals surface area (Å²) in [6, 6.07) is 0. The fourth-order valence-corrected chi connectivity index (χ4v) is 2.70. The van der Waals surface area contributed by atoms with E-state index in [0.717, 1.165) is 0 Å². The molecule has 0 N–H and O–H groups in total. The van der Waals surface area contributed by atoms with Crippen LogP contribution in [0, 0.1) is 5.41 Å². The maximum absolute atomic E-state index is 3.68. The van der Waals surface area contributed by atoms with E-state index >= 15 is 0 Å². The summed E-state index contributed by atoms with van der Waals surface area (Å²) in [5.74, 6) is 0. The maximum Gasteiger partial charge on any atom is -0.0348 e. The van der Waals surface area contributed by atoms with Gasteiger partial charge < -0.3 is 0 Å². The highest BCUT2D eigenvalue weighted by molar-refractivity contribution is 4.96. The second kappa shape index (κ2) is 14.4. The van der Waals surface area contributed by atoms with Crippen molar-refractivity contribution in [2.45, 2.75) is 104 Å². The summed E-state index contributed by atoms with van der Waals surface area (Å²) in [4.78, 5) is 0. The van der Waals surface area contributed by atoms with Crippen LogP contribution in [-0.4, -0.2) is 0 Å². The van der Waals surface area contributed by atoms with Gasteiger partial charge in [0.2, 0.25) is 0 Å². The van der Waals surface area contributed by atoms with Gasteiger partial charge in [0.05, 0.1) is 0 Å². The Balaban J connectivity index is 3.06. The molecule has 0 bridgehead atoms. The molecule has 0 saturated carbocycles. The Morgan fingerprint density at radius 3 is 1.52 bits per heavy atom. The van der Waals surface area contributed by atoms with Gasteiger partial charge in [-0.25, -0.2) is 0 Å². The van der Waals surface area contributed by atoms with E-state index in [0.29, 0.717) is 5.41 Å². The Hall–Kier alpha value is -0.520. The lowest BCUT2D eigenvalue weighted by Crippen LogP contribution is -2.03. The summed E-state index contributed by atoms with van der Waals surface area (Å²) < 4.78 is 0. The highest BCUT2D eigenvalue weighted by Crippen LogP contribution is 2.22. The summed E-state index contributed by atoms with van der Waals surface area (Å²) in [6.45, 7) is 10.7. The Labute approximate surface area is 135 Å². The van der Waals surface area contributed by atoms with Gasteiger partial charge in [0.15, 0.2) is 0 Å². The van der Waals surface area contributed by atoms with Crippen molar-refractivity contribution in [2.75, 3.05) is 0 Å². The molecule has 0 nitrogen and oxygen atoms in total. The number of hydrogen-bond donors (Lipinski definition) is 0. The van der Waals surface area contributed by atoms with Crippen LogP contribution in [0.2, 0.25) is 0 Å². The van der Waals surface area contributed by atoms with Crippen LogP contribution in [0.1, 0.15) is 104 Å². The SMILES string of the molecule is C=CC=CCCCCCCCCCCCCCC(C)(C)C. The van der Waals surface area contributed by atoms with Gasteiger partial charge in [-0.15, -0.1) is 0 Å². The van der Waals surface area contributed by atoms with Gasteiger partial charge in [-0.2, -0.15) is 0 Å². The Morgan fingerprint density at radius 1 is 0.667 bits per heavy atom. The van der Waals surface area contributed by atoms with E-state index in [2.05, 4.69) is 39.5 Å². The lowest BCUT2D eigenvalue weighted by atomic mass is 9.89. The molecule has 124 valence electrons. The van der Waals surface area contributed by atoms with Crippen molar-refractivity contribution in [1.29, 1.82) is 0 Å². The standard InChI is InChI=1S/C21H40/c1-5-6-7-8-9-10-11-12-13-14-15-16-17-18-19-20-21(2,3)4/h5-7H,1,8-20H2,2-4H3.